The van der Waals surface area contributed by atoms with Crippen LogP contribution in [-0.4, -0.2) is 16.8 Å². The van der Waals surface area contributed by atoms with Gasteiger partial charge in [0.15, 0.2) is 0 Å². The average molecular weight is 286 g/mol. The molecule has 0 aromatic carbocycles. The molecular formula is C10H12BrN3S. The highest BCUT2D eigenvalue weighted by Crippen LogP contribution is 2.20. The van der Waals surface area contributed by atoms with Gasteiger partial charge in [0.1, 0.15) is 0 Å². The number of hydrogen-bond acceptors (Lipinski definition) is 3. The smallest absolute Gasteiger partial charge is 0.0752 e. The van der Waals surface area contributed by atoms with Gasteiger partial charge in [0, 0.05) is 33.0 Å². The zero-order chi connectivity index (χ0) is 10.7. The largest absolute Gasteiger partial charge is 0.316 e. The predicted octanol–water partition coefficient (Wildman–Crippen LogP) is 2.47. The van der Waals surface area contributed by atoms with E-state index in [0.29, 0.717) is 0 Å². The summed E-state index contributed by atoms with van der Waals surface area (Å²) >= 11 is 5.19. The summed E-state index contributed by atoms with van der Waals surface area (Å²) in [5, 5.41) is 9.51. The molecule has 2 rings (SSSR count). The van der Waals surface area contributed by atoms with Crippen molar-refractivity contribution in [3.63, 3.8) is 0 Å². The molecule has 0 spiro atoms. The standard InChI is InChI=1S/C10H12BrN3S/c1-12-3-8-4-13-14(5-8)6-10-2-9(11)7-15-10/h2,4-5,7,12H,3,6H2,1H3. The van der Waals surface area contributed by atoms with Crippen LogP contribution in [0.3, 0.4) is 0 Å². The maximum absolute atomic E-state index is 4.31. The van der Waals surface area contributed by atoms with E-state index in [2.05, 4.69) is 44.0 Å². The van der Waals surface area contributed by atoms with Crippen LogP contribution in [0.15, 0.2) is 28.3 Å². The Balaban J connectivity index is 2.04. The predicted molar refractivity (Wildman–Crippen MR) is 66.1 cm³/mol. The van der Waals surface area contributed by atoms with Gasteiger partial charge in [-0.1, -0.05) is 0 Å². The van der Waals surface area contributed by atoms with Gasteiger partial charge in [-0.05, 0) is 29.0 Å². The molecule has 0 saturated carbocycles. The Morgan fingerprint density at radius 2 is 2.47 bits per heavy atom. The fraction of sp³-hybridized carbons (Fsp3) is 0.300. The maximum Gasteiger partial charge on any atom is 0.0752 e. The molecule has 0 radical (unpaired) electrons. The van der Waals surface area contributed by atoms with E-state index in [9.17, 15) is 0 Å². The molecule has 0 saturated heterocycles. The van der Waals surface area contributed by atoms with E-state index in [1.54, 1.807) is 11.3 Å². The SMILES string of the molecule is CNCc1cnn(Cc2cc(Br)cs2)c1. The van der Waals surface area contributed by atoms with Gasteiger partial charge in [0.05, 0.1) is 12.7 Å². The van der Waals surface area contributed by atoms with E-state index >= 15 is 0 Å². The molecule has 0 unspecified atom stereocenters. The molecule has 2 aromatic rings. The Bertz CT molecular complexity index is 435. The fourth-order valence-corrected chi connectivity index (χ4v) is 2.83. The topological polar surface area (TPSA) is 29.9 Å². The first-order valence-electron chi connectivity index (χ1n) is 4.67. The molecule has 0 aliphatic rings. The van der Waals surface area contributed by atoms with Crippen molar-refractivity contribution >= 4 is 27.3 Å². The van der Waals surface area contributed by atoms with Crippen molar-refractivity contribution in [2.24, 2.45) is 0 Å². The lowest BCUT2D eigenvalue weighted by atomic mass is 10.4. The Morgan fingerprint density at radius 3 is 3.13 bits per heavy atom. The molecule has 3 nitrogen and oxygen atoms in total. The molecule has 0 amide bonds. The summed E-state index contributed by atoms with van der Waals surface area (Å²) in [5.41, 5.74) is 1.22. The van der Waals surface area contributed by atoms with E-state index in [1.807, 2.05) is 17.9 Å². The van der Waals surface area contributed by atoms with Gasteiger partial charge in [-0.25, -0.2) is 0 Å². The number of halogens is 1. The van der Waals surface area contributed by atoms with Crippen LogP contribution in [0.5, 0.6) is 0 Å². The minimum absolute atomic E-state index is 0.847. The molecule has 80 valence electrons. The third-order valence-electron chi connectivity index (χ3n) is 2.01. The van der Waals surface area contributed by atoms with E-state index in [4.69, 9.17) is 0 Å². The minimum Gasteiger partial charge on any atom is -0.316 e. The summed E-state index contributed by atoms with van der Waals surface area (Å²) in [4.78, 5) is 1.31. The first-order valence-corrected chi connectivity index (χ1v) is 6.34. The first kappa shape index (κ1) is 10.9. The van der Waals surface area contributed by atoms with Crippen LogP contribution >= 0.6 is 27.3 Å². The van der Waals surface area contributed by atoms with Crippen LogP contribution in [0, 0.1) is 0 Å². The van der Waals surface area contributed by atoms with Crippen molar-refractivity contribution in [3.8, 4) is 0 Å². The van der Waals surface area contributed by atoms with Gasteiger partial charge in [-0.15, -0.1) is 11.3 Å². The Labute approximate surface area is 101 Å². The summed E-state index contributed by atoms with van der Waals surface area (Å²) < 4.78 is 3.11. The van der Waals surface area contributed by atoms with Gasteiger partial charge in [-0.3, -0.25) is 4.68 Å². The molecule has 15 heavy (non-hydrogen) atoms. The van der Waals surface area contributed by atoms with E-state index in [-0.39, 0.29) is 0 Å². The van der Waals surface area contributed by atoms with Crippen molar-refractivity contribution in [1.82, 2.24) is 15.1 Å². The number of nitrogens with zero attached hydrogens (tertiary/aromatic N) is 2. The molecule has 0 atom stereocenters. The summed E-state index contributed by atoms with van der Waals surface area (Å²) in [7, 11) is 1.94. The van der Waals surface area contributed by atoms with Gasteiger partial charge >= 0.3 is 0 Å². The molecule has 0 bridgehead atoms. The molecule has 2 aromatic heterocycles. The average Bonchev–Trinajstić information content (AvgIpc) is 2.78. The molecule has 0 aliphatic heterocycles. The van der Waals surface area contributed by atoms with Crippen molar-refractivity contribution in [1.29, 1.82) is 0 Å². The lowest BCUT2D eigenvalue weighted by Crippen LogP contribution is -2.04. The zero-order valence-corrected chi connectivity index (χ0v) is 10.8. The summed E-state index contributed by atoms with van der Waals surface area (Å²) in [6.45, 7) is 1.72. The molecular weight excluding hydrogens is 274 g/mol. The summed E-state index contributed by atoms with van der Waals surface area (Å²) in [6, 6.07) is 2.13. The molecule has 5 heteroatoms. The van der Waals surface area contributed by atoms with Crippen molar-refractivity contribution in [2.45, 2.75) is 13.1 Å². The molecule has 0 fully saturated rings. The maximum atomic E-state index is 4.31. The van der Waals surface area contributed by atoms with E-state index in [1.165, 1.54) is 10.4 Å². The Kier molecular flexibility index (Phi) is 3.56. The van der Waals surface area contributed by atoms with E-state index < -0.39 is 0 Å². The third-order valence-corrected chi connectivity index (χ3v) is 3.69. The number of aromatic nitrogens is 2. The molecule has 0 aliphatic carbocycles. The van der Waals surface area contributed by atoms with Gasteiger partial charge < -0.3 is 5.32 Å². The van der Waals surface area contributed by atoms with Crippen LogP contribution in [0.1, 0.15) is 10.4 Å². The summed E-state index contributed by atoms with van der Waals surface area (Å²) in [5.74, 6) is 0. The number of thiophene rings is 1. The monoisotopic (exact) mass is 285 g/mol. The second kappa shape index (κ2) is 4.92. The summed E-state index contributed by atoms with van der Waals surface area (Å²) in [6.07, 6.45) is 3.98. The van der Waals surface area contributed by atoms with Crippen LogP contribution in [0.2, 0.25) is 0 Å². The second-order valence-electron chi connectivity index (χ2n) is 3.31. The first-order chi connectivity index (χ1) is 7.28. The van der Waals surface area contributed by atoms with Crippen molar-refractivity contribution < 1.29 is 0 Å². The number of rotatable bonds is 4. The van der Waals surface area contributed by atoms with Gasteiger partial charge in [-0.2, -0.15) is 5.10 Å². The number of nitrogens with one attached hydrogen (secondary N) is 1. The van der Waals surface area contributed by atoms with Crippen LogP contribution in [0.25, 0.3) is 0 Å². The van der Waals surface area contributed by atoms with Crippen LogP contribution in [-0.2, 0) is 13.1 Å². The second-order valence-corrected chi connectivity index (χ2v) is 5.22. The Morgan fingerprint density at radius 1 is 1.60 bits per heavy atom. The third kappa shape index (κ3) is 2.90. The minimum atomic E-state index is 0.847. The van der Waals surface area contributed by atoms with Gasteiger partial charge in [0.2, 0.25) is 0 Å². The van der Waals surface area contributed by atoms with Crippen molar-refractivity contribution in [2.75, 3.05) is 7.05 Å². The number of hydrogen-bond donors (Lipinski definition) is 1. The van der Waals surface area contributed by atoms with Gasteiger partial charge in [0.25, 0.3) is 0 Å². The van der Waals surface area contributed by atoms with E-state index in [0.717, 1.165) is 17.6 Å². The fourth-order valence-electron chi connectivity index (χ4n) is 1.38. The quantitative estimate of drug-likeness (QED) is 0.935. The van der Waals surface area contributed by atoms with Crippen molar-refractivity contribution in [3.05, 3.63) is 38.8 Å². The van der Waals surface area contributed by atoms with Crippen LogP contribution in [0.4, 0.5) is 0 Å². The highest BCUT2D eigenvalue weighted by molar-refractivity contribution is 9.10. The lowest BCUT2D eigenvalue weighted by Gasteiger charge is -1.97. The normalized spacial score (nSPS) is 10.8. The Hall–Kier alpha value is -0.650. The highest BCUT2D eigenvalue weighted by Gasteiger charge is 2.01. The lowest BCUT2D eigenvalue weighted by molar-refractivity contribution is 0.693. The molecule has 2 heterocycles. The zero-order valence-electron chi connectivity index (χ0n) is 8.40. The highest BCUT2D eigenvalue weighted by atomic mass is 79.9. The van der Waals surface area contributed by atoms with Crippen LogP contribution < -0.4 is 5.32 Å². The molecule has 1 N–H and O–H groups in total.